The summed E-state index contributed by atoms with van der Waals surface area (Å²) in [5, 5.41) is 1.44. The molecule has 0 aliphatic heterocycles. The van der Waals surface area contributed by atoms with E-state index in [2.05, 4.69) is 5.32 Å². The van der Waals surface area contributed by atoms with Gasteiger partial charge in [0.2, 0.25) is 6.10 Å². The lowest BCUT2D eigenvalue weighted by atomic mass is 10.1. The second-order valence-corrected chi connectivity index (χ2v) is 8.33. The Morgan fingerprint density at radius 1 is 1.00 bits per heavy atom. The number of halogens is 3. The molecule has 1 N–H and O–H groups in total. The summed E-state index contributed by atoms with van der Waals surface area (Å²) < 4.78 is 62.4. The second kappa shape index (κ2) is 11.9. The molecular formula is C23H26F3NO5S. The Hall–Kier alpha value is -2.85. The van der Waals surface area contributed by atoms with Gasteiger partial charge >= 0.3 is 17.5 Å². The Morgan fingerprint density at radius 3 is 2.12 bits per heavy atom. The van der Waals surface area contributed by atoms with Crippen LogP contribution in [0.15, 0.2) is 60.7 Å². The number of hydrogen-bond donors (Lipinski definition) is 1. The van der Waals surface area contributed by atoms with Gasteiger partial charge in [-0.15, -0.1) is 0 Å². The molecular weight excluding hydrogens is 459 g/mol. The first-order valence-electron chi connectivity index (χ1n) is 10.1. The molecule has 33 heavy (non-hydrogen) atoms. The van der Waals surface area contributed by atoms with Crippen LogP contribution in [-0.2, 0) is 20.8 Å². The lowest BCUT2D eigenvalue weighted by Crippen LogP contribution is -2.55. The topological polar surface area (TPSA) is 66.0 Å². The highest BCUT2D eigenvalue weighted by Crippen LogP contribution is 2.27. The van der Waals surface area contributed by atoms with Crippen LogP contribution in [0.4, 0.5) is 18.0 Å². The summed E-state index contributed by atoms with van der Waals surface area (Å²) in [6.07, 6.45) is -8.50. The Bertz CT molecular complexity index is 888. The van der Waals surface area contributed by atoms with Crippen molar-refractivity contribution in [2.45, 2.75) is 51.3 Å². The summed E-state index contributed by atoms with van der Waals surface area (Å²) >= 11 is 4.86. The summed E-state index contributed by atoms with van der Waals surface area (Å²) in [6, 6.07) is 15.2. The highest BCUT2D eigenvalue weighted by atomic mass is 32.1. The molecule has 1 amide bonds. The van der Waals surface area contributed by atoms with Crippen molar-refractivity contribution in [1.29, 1.82) is 0 Å². The van der Waals surface area contributed by atoms with Crippen molar-refractivity contribution in [2.24, 2.45) is 0 Å². The molecule has 0 saturated carbocycles. The van der Waals surface area contributed by atoms with E-state index in [0.29, 0.717) is 0 Å². The molecule has 180 valence electrons. The highest BCUT2D eigenvalue weighted by molar-refractivity contribution is 7.79. The SMILES string of the molecule is CC(C)(C)OC(=O)N[C@H](COCc1ccccc1)[C@@H](OC(=S)Oc1ccccc1)C(F)(F)F. The minimum atomic E-state index is -4.90. The van der Waals surface area contributed by atoms with Gasteiger partial charge in [-0.2, -0.15) is 13.2 Å². The lowest BCUT2D eigenvalue weighted by molar-refractivity contribution is -0.212. The Morgan fingerprint density at radius 2 is 1.58 bits per heavy atom. The van der Waals surface area contributed by atoms with E-state index in [9.17, 15) is 18.0 Å². The Kier molecular flexibility index (Phi) is 9.48. The molecule has 6 nitrogen and oxygen atoms in total. The highest BCUT2D eigenvalue weighted by Gasteiger charge is 2.49. The van der Waals surface area contributed by atoms with E-state index in [4.69, 9.17) is 31.2 Å². The van der Waals surface area contributed by atoms with Gasteiger partial charge in [-0.3, -0.25) is 0 Å². The Balaban J connectivity index is 2.15. The number of nitrogens with one attached hydrogen (secondary N) is 1. The quantitative estimate of drug-likeness (QED) is 0.505. The number of thiocarbonyl (C=S) groups is 1. The summed E-state index contributed by atoms with van der Waals surface area (Å²) in [5.41, 5.74) is -0.166. The van der Waals surface area contributed by atoms with Gasteiger partial charge in [-0.25, -0.2) is 4.79 Å². The van der Waals surface area contributed by atoms with Crippen LogP contribution in [-0.4, -0.2) is 41.9 Å². The number of alkyl carbamates (subject to hydrolysis) is 1. The van der Waals surface area contributed by atoms with E-state index in [1.165, 1.54) is 12.1 Å². The zero-order valence-corrected chi connectivity index (χ0v) is 19.2. The molecule has 2 atom stereocenters. The van der Waals surface area contributed by atoms with Crippen LogP contribution in [0.5, 0.6) is 5.75 Å². The smallest absolute Gasteiger partial charge is 0.427 e. The van der Waals surface area contributed by atoms with Gasteiger partial charge in [0.1, 0.15) is 17.4 Å². The third-order valence-electron chi connectivity index (χ3n) is 3.97. The van der Waals surface area contributed by atoms with Crippen molar-refractivity contribution in [2.75, 3.05) is 6.61 Å². The number of rotatable bonds is 8. The van der Waals surface area contributed by atoms with Gasteiger partial charge in [0.05, 0.1) is 13.2 Å². The van der Waals surface area contributed by atoms with Gasteiger partial charge in [0, 0.05) is 12.2 Å². The van der Waals surface area contributed by atoms with Crippen LogP contribution < -0.4 is 10.1 Å². The Labute approximate surface area is 196 Å². The van der Waals surface area contributed by atoms with Crippen LogP contribution in [0.25, 0.3) is 0 Å². The van der Waals surface area contributed by atoms with E-state index in [0.717, 1.165) is 5.56 Å². The molecule has 0 aliphatic carbocycles. The largest absolute Gasteiger partial charge is 0.444 e. The van der Waals surface area contributed by atoms with Crippen LogP contribution in [0.1, 0.15) is 26.3 Å². The average Bonchev–Trinajstić information content (AvgIpc) is 2.71. The molecule has 0 saturated heterocycles. The van der Waals surface area contributed by atoms with E-state index >= 15 is 0 Å². The molecule has 0 fully saturated rings. The van der Waals surface area contributed by atoms with Gasteiger partial charge in [0.25, 0.3) is 0 Å². The minimum absolute atomic E-state index is 0.0306. The van der Waals surface area contributed by atoms with E-state index in [1.54, 1.807) is 69.3 Å². The van der Waals surface area contributed by atoms with Crippen LogP contribution in [0.2, 0.25) is 0 Å². The van der Waals surface area contributed by atoms with Crippen molar-refractivity contribution >= 4 is 23.5 Å². The third-order valence-corrected chi connectivity index (χ3v) is 4.15. The summed E-state index contributed by atoms with van der Waals surface area (Å²) in [4.78, 5) is 12.2. The molecule has 0 aliphatic rings. The first kappa shape index (κ1) is 26.4. The normalized spacial score (nSPS) is 13.5. The summed E-state index contributed by atoms with van der Waals surface area (Å²) in [5.74, 6) is 0.209. The molecule has 10 heteroatoms. The molecule has 0 aromatic heterocycles. The van der Waals surface area contributed by atoms with Crippen LogP contribution >= 0.6 is 12.2 Å². The number of hydrogen-bond acceptors (Lipinski definition) is 6. The van der Waals surface area contributed by atoms with E-state index < -0.39 is 41.9 Å². The molecule has 0 unspecified atom stereocenters. The molecule has 2 aromatic rings. The molecule has 0 radical (unpaired) electrons. The predicted octanol–water partition coefficient (Wildman–Crippen LogP) is 5.41. The van der Waals surface area contributed by atoms with E-state index in [1.807, 2.05) is 0 Å². The zero-order chi connectivity index (χ0) is 24.5. The van der Waals surface area contributed by atoms with Gasteiger partial charge in [-0.05, 0) is 38.5 Å². The fourth-order valence-electron chi connectivity index (χ4n) is 2.63. The van der Waals surface area contributed by atoms with Crippen molar-refractivity contribution in [3.8, 4) is 5.75 Å². The lowest BCUT2D eigenvalue weighted by Gasteiger charge is -2.30. The minimum Gasteiger partial charge on any atom is -0.444 e. The van der Waals surface area contributed by atoms with Gasteiger partial charge < -0.3 is 24.3 Å². The summed E-state index contributed by atoms with van der Waals surface area (Å²) in [7, 11) is 0. The second-order valence-electron chi connectivity index (χ2n) is 8.00. The first-order valence-corrected chi connectivity index (χ1v) is 10.5. The number of ether oxygens (including phenoxy) is 4. The number of carbonyl (C=O) groups excluding carboxylic acids is 1. The molecule has 0 spiro atoms. The molecule has 2 rings (SSSR count). The van der Waals surface area contributed by atoms with Crippen molar-refractivity contribution in [1.82, 2.24) is 5.32 Å². The standard InChI is InChI=1S/C23H26F3NO5S/c1-22(2,3)32-20(28)27-18(15-29-14-16-10-6-4-7-11-16)19(23(24,25)26)31-21(33)30-17-12-8-5-9-13-17/h4-13,18-19H,14-15H2,1-3H3,(H,27,28)/t18-,19-/m1/s1. The van der Waals surface area contributed by atoms with Gasteiger partial charge in [-0.1, -0.05) is 48.5 Å². The fourth-order valence-corrected chi connectivity index (χ4v) is 2.83. The number of benzene rings is 2. The first-order chi connectivity index (χ1) is 15.4. The van der Waals surface area contributed by atoms with Crippen LogP contribution in [0, 0.1) is 0 Å². The third kappa shape index (κ3) is 10.1. The maximum absolute atomic E-state index is 13.9. The van der Waals surface area contributed by atoms with Crippen molar-refractivity contribution in [3.05, 3.63) is 66.2 Å². The monoisotopic (exact) mass is 485 g/mol. The summed E-state index contributed by atoms with van der Waals surface area (Å²) in [6.45, 7) is 4.28. The molecule has 0 heterocycles. The van der Waals surface area contributed by atoms with Crippen molar-refractivity contribution < 1.29 is 36.9 Å². The zero-order valence-electron chi connectivity index (χ0n) is 18.4. The van der Waals surface area contributed by atoms with Gasteiger partial charge in [0.15, 0.2) is 0 Å². The molecule has 0 bridgehead atoms. The maximum atomic E-state index is 13.9. The fraction of sp³-hybridized carbons (Fsp3) is 0.391. The number of para-hydroxylation sites is 1. The predicted molar refractivity (Wildman–Crippen MR) is 120 cm³/mol. The number of carbonyl (C=O) groups is 1. The maximum Gasteiger partial charge on any atom is 0.427 e. The average molecular weight is 486 g/mol. The number of alkyl halides is 3. The van der Waals surface area contributed by atoms with Crippen LogP contribution in [0.3, 0.4) is 0 Å². The number of amides is 1. The molecule has 2 aromatic carbocycles. The van der Waals surface area contributed by atoms with E-state index in [-0.39, 0.29) is 12.4 Å². The van der Waals surface area contributed by atoms with Crippen molar-refractivity contribution in [3.63, 3.8) is 0 Å².